The molecular formula is C34H29ClF2N2O4. The van der Waals surface area contributed by atoms with Gasteiger partial charge in [0, 0.05) is 17.0 Å². The van der Waals surface area contributed by atoms with Crippen LogP contribution in [0.2, 0.25) is 5.02 Å². The number of phenols is 1. The number of halogens is 3. The Kier molecular flexibility index (Phi) is 7.48. The highest BCUT2D eigenvalue weighted by Gasteiger charge is 2.43. The van der Waals surface area contributed by atoms with Gasteiger partial charge in [-0.1, -0.05) is 67.9 Å². The summed E-state index contributed by atoms with van der Waals surface area (Å²) in [6, 6.07) is 21.5. The standard InChI is InChI=1S/C34H29ClF2N2O4/c1-34(2)17-26-32(43-19-34)31(22-15-14-21(16-25(22)37)42-18-20-8-4-3-5-9-20)39(27-12-7-13-28(40)30(27)38-26)33(41)23-10-6-11-24(36)29(23)35/h3-16,31,38,40H,17-19H2,1-2H3. The highest BCUT2D eigenvalue weighted by Crippen LogP contribution is 2.50. The lowest BCUT2D eigenvalue weighted by Gasteiger charge is -2.38. The van der Waals surface area contributed by atoms with Crippen molar-refractivity contribution >= 4 is 28.9 Å². The zero-order valence-electron chi connectivity index (χ0n) is 23.5. The number of allylic oxidation sites excluding steroid dienone is 1. The van der Waals surface area contributed by atoms with Crippen LogP contribution in [-0.2, 0) is 11.3 Å². The zero-order valence-corrected chi connectivity index (χ0v) is 24.3. The van der Waals surface area contributed by atoms with Crippen LogP contribution >= 0.6 is 11.6 Å². The van der Waals surface area contributed by atoms with E-state index >= 15 is 4.39 Å². The maximum atomic E-state index is 16.2. The fourth-order valence-corrected chi connectivity index (χ4v) is 5.66. The molecule has 1 unspecified atom stereocenters. The number of aromatic hydroxyl groups is 1. The molecule has 9 heteroatoms. The number of carbonyl (C=O) groups excluding carboxylic acids is 1. The molecule has 43 heavy (non-hydrogen) atoms. The van der Waals surface area contributed by atoms with Crippen molar-refractivity contribution in [3.05, 3.63) is 130 Å². The predicted octanol–water partition coefficient (Wildman–Crippen LogP) is 8.37. The van der Waals surface area contributed by atoms with Crippen LogP contribution in [0.5, 0.6) is 11.5 Å². The van der Waals surface area contributed by atoms with Crippen LogP contribution in [-0.4, -0.2) is 17.6 Å². The van der Waals surface area contributed by atoms with Crippen LogP contribution in [0.1, 0.15) is 47.8 Å². The minimum atomic E-state index is -1.13. The molecule has 1 atom stereocenters. The molecule has 6 nitrogen and oxygen atoms in total. The van der Waals surface area contributed by atoms with Crippen molar-refractivity contribution in [1.29, 1.82) is 0 Å². The number of nitrogens with one attached hydrogen (secondary N) is 1. The normalized spacial score (nSPS) is 17.2. The molecule has 0 aromatic heterocycles. The van der Waals surface area contributed by atoms with Gasteiger partial charge in [0.25, 0.3) is 5.91 Å². The van der Waals surface area contributed by atoms with Crippen LogP contribution in [0, 0.1) is 17.0 Å². The molecule has 1 amide bonds. The van der Waals surface area contributed by atoms with Gasteiger partial charge in [-0.3, -0.25) is 9.69 Å². The molecule has 4 aromatic rings. The van der Waals surface area contributed by atoms with Crippen LogP contribution < -0.4 is 15.0 Å². The fourth-order valence-electron chi connectivity index (χ4n) is 5.46. The predicted molar refractivity (Wildman–Crippen MR) is 161 cm³/mol. The third-order valence-corrected chi connectivity index (χ3v) is 7.93. The van der Waals surface area contributed by atoms with E-state index in [9.17, 15) is 14.3 Å². The maximum absolute atomic E-state index is 16.2. The number of para-hydroxylation sites is 1. The van der Waals surface area contributed by atoms with Gasteiger partial charge in [-0.2, -0.15) is 0 Å². The molecule has 2 heterocycles. The number of phenolic OH excluding ortho intramolecular Hbond substituents is 1. The Labute approximate surface area is 253 Å². The van der Waals surface area contributed by atoms with E-state index in [4.69, 9.17) is 21.1 Å². The van der Waals surface area contributed by atoms with Crippen LogP contribution in [0.25, 0.3) is 0 Å². The zero-order chi connectivity index (χ0) is 30.3. The Hall–Kier alpha value is -4.56. The maximum Gasteiger partial charge on any atom is 0.260 e. The van der Waals surface area contributed by atoms with Gasteiger partial charge in [0.05, 0.1) is 28.6 Å². The number of fused-ring (bicyclic) bond motifs is 1. The van der Waals surface area contributed by atoms with Gasteiger partial charge >= 0.3 is 0 Å². The minimum Gasteiger partial charge on any atom is -0.506 e. The Morgan fingerprint density at radius 1 is 1.05 bits per heavy atom. The second-order valence-corrected chi connectivity index (χ2v) is 11.8. The van der Waals surface area contributed by atoms with Crippen LogP contribution in [0.15, 0.2) is 96.4 Å². The minimum absolute atomic E-state index is 0.121. The Bertz CT molecular complexity index is 1740. The van der Waals surface area contributed by atoms with Gasteiger partial charge in [-0.25, -0.2) is 8.78 Å². The van der Waals surface area contributed by atoms with E-state index in [1.165, 1.54) is 29.2 Å². The van der Waals surface area contributed by atoms with Crippen molar-refractivity contribution < 1.29 is 28.2 Å². The van der Waals surface area contributed by atoms with Gasteiger partial charge in [-0.15, -0.1) is 0 Å². The smallest absolute Gasteiger partial charge is 0.260 e. The summed E-state index contributed by atoms with van der Waals surface area (Å²) >= 11 is 6.29. The molecule has 220 valence electrons. The van der Waals surface area contributed by atoms with Crippen molar-refractivity contribution in [2.24, 2.45) is 5.41 Å². The van der Waals surface area contributed by atoms with Crippen molar-refractivity contribution in [2.45, 2.75) is 32.9 Å². The average Bonchev–Trinajstić information content (AvgIpc) is 3.12. The monoisotopic (exact) mass is 602 g/mol. The van der Waals surface area contributed by atoms with Crippen LogP contribution in [0.4, 0.5) is 20.2 Å². The quantitative estimate of drug-likeness (QED) is 0.225. The van der Waals surface area contributed by atoms with Crippen molar-refractivity contribution in [2.75, 3.05) is 16.8 Å². The van der Waals surface area contributed by atoms with Gasteiger partial charge in [0.15, 0.2) is 0 Å². The Balaban J connectivity index is 1.51. The van der Waals surface area contributed by atoms with Gasteiger partial charge < -0.3 is 19.9 Å². The van der Waals surface area contributed by atoms with Gasteiger partial charge in [0.2, 0.25) is 0 Å². The van der Waals surface area contributed by atoms with E-state index in [0.717, 1.165) is 11.6 Å². The van der Waals surface area contributed by atoms with Crippen molar-refractivity contribution in [1.82, 2.24) is 0 Å². The molecule has 0 bridgehead atoms. The third-order valence-electron chi connectivity index (χ3n) is 7.55. The summed E-state index contributed by atoms with van der Waals surface area (Å²) in [6.07, 6.45) is 0.495. The fraction of sp³-hybridized carbons (Fsp3) is 0.206. The first-order chi connectivity index (χ1) is 20.6. The summed E-state index contributed by atoms with van der Waals surface area (Å²) in [7, 11) is 0. The summed E-state index contributed by atoms with van der Waals surface area (Å²) in [5.41, 5.74) is 1.71. The molecule has 0 fully saturated rings. The summed E-state index contributed by atoms with van der Waals surface area (Å²) in [6.45, 7) is 4.60. The summed E-state index contributed by atoms with van der Waals surface area (Å²) in [4.78, 5) is 15.7. The topological polar surface area (TPSA) is 71.0 Å². The first kappa shape index (κ1) is 28.6. The summed E-state index contributed by atoms with van der Waals surface area (Å²) in [5.74, 6) is -1.61. The molecule has 0 saturated carbocycles. The van der Waals surface area contributed by atoms with E-state index in [0.29, 0.717) is 30.2 Å². The average molecular weight is 603 g/mol. The second-order valence-electron chi connectivity index (χ2n) is 11.4. The largest absolute Gasteiger partial charge is 0.506 e. The molecule has 2 N–H and O–H groups in total. The number of rotatable bonds is 5. The lowest BCUT2D eigenvalue weighted by Crippen LogP contribution is -2.39. The van der Waals surface area contributed by atoms with E-state index in [2.05, 4.69) is 5.32 Å². The number of hydrogen-bond donors (Lipinski definition) is 2. The van der Waals surface area contributed by atoms with Gasteiger partial charge in [-0.05, 0) is 48.4 Å². The van der Waals surface area contributed by atoms with E-state index in [-0.39, 0.29) is 45.3 Å². The number of benzene rings is 4. The number of amides is 1. The Morgan fingerprint density at radius 2 is 1.81 bits per heavy atom. The summed E-state index contributed by atoms with van der Waals surface area (Å²) in [5, 5.41) is 13.8. The molecule has 4 aromatic carbocycles. The molecule has 0 radical (unpaired) electrons. The molecule has 0 aliphatic carbocycles. The van der Waals surface area contributed by atoms with E-state index < -0.39 is 23.6 Å². The highest BCUT2D eigenvalue weighted by atomic mass is 35.5. The van der Waals surface area contributed by atoms with Gasteiger partial charge in [0.1, 0.15) is 47.2 Å². The lowest BCUT2D eigenvalue weighted by atomic mass is 9.85. The number of anilines is 2. The SMILES string of the molecule is CC1(C)COC2=C(C1)Nc1c(O)cccc1N(C(=O)c1cccc(F)c1Cl)C2c1ccc(OCc2ccccc2)cc1F. The Morgan fingerprint density at radius 3 is 2.58 bits per heavy atom. The number of ether oxygens (including phenoxy) is 2. The van der Waals surface area contributed by atoms with Crippen LogP contribution in [0.3, 0.4) is 0 Å². The molecule has 6 rings (SSSR count). The highest BCUT2D eigenvalue weighted by molar-refractivity contribution is 6.34. The van der Waals surface area contributed by atoms with Crippen molar-refractivity contribution in [3.8, 4) is 11.5 Å². The third kappa shape index (κ3) is 5.50. The number of carbonyl (C=O) groups is 1. The van der Waals surface area contributed by atoms with Crippen molar-refractivity contribution in [3.63, 3.8) is 0 Å². The lowest BCUT2D eigenvalue weighted by molar-refractivity contribution is 0.0757. The molecule has 2 aliphatic rings. The molecule has 2 aliphatic heterocycles. The number of hydrogen-bond acceptors (Lipinski definition) is 5. The molecular weight excluding hydrogens is 574 g/mol. The molecule has 0 spiro atoms. The molecule has 0 saturated heterocycles. The first-order valence-electron chi connectivity index (χ1n) is 13.8. The van der Waals surface area contributed by atoms with E-state index in [1.807, 2.05) is 44.2 Å². The first-order valence-corrected chi connectivity index (χ1v) is 14.2. The van der Waals surface area contributed by atoms with E-state index in [1.54, 1.807) is 24.3 Å². The summed E-state index contributed by atoms with van der Waals surface area (Å²) < 4.78 is 42.9. The second kappa shape index (κ2) is 11.3. The number of nitrogens with zero attached hydrogens (tertiary/aromatic N) is 1.